The Hall–Kier alpha value is -3.36. The van der Waals surface area contributed by atoms with Gasteiger partial charge in [-0.1, -0.05) is 93.2 Å². The lowest BCUT2D eigenvalue weighted by atomic mass is 10.0. The van der Waals surface area contributed by atoms with Crippen LogP contribution in [0.5, 0.6) is 0 Å². The summed E-state index contributed by atoms with van der Waals surface area (Å²) in [4.78, 5) is 29.4. The summed E-state index contributed by atoms with van der Waals surface area (Å²) < 4.78 is 29.3. The summed E-state index contributed by atoms with van der Waals surface area (Å²) in [5.41, 5.74) is 3.03. The standard InChI is InChI=1S/C34H42ClN3O4S/c1-5-32(34(40)36-28-11-7-8-12-28)37(22-27-10-6-9-13-31(27)35)33(39)23-38(29-18-16-26(17-19-29)24(2)3)43(41,42)30-20-14-25(4)15-21-30/h6,9-10,13-21,24,28,32H,5,7-8,11-12,22-23H2,1-4H3,(H,36,40). The molecule has 0 bridgehead atoms. The molecule has 0 aliphatic heterocycles. The van der Waals surface area contributed by atoms with Crippen LogP contribution in [0.1, 0.15) is 75.5 Å². The van der Waals surface area contributed by atoms with Gasteiger partial charge in [-0.3, -0.25) is 13.9 Å². The molecule has 1 fully saturated rings. The lowest BCUT2D eigenvalue weighted by Crippen LogP contribution is -2.53. The molecule has 0 radical (unpaired) electrons. The van der Waals surface area contributed by atoms with Gasteiger partial charge in [-0.2, -0.15) is 0 Å². The van der Waals surface area contributed by atoms with Crippen LogP contribution in [0.4, 0.5) is 5.69 Å². The zero-order valence-electron chi connectivity index (χ0n) is 25.4. The fourth-order valence-corrected chi connectivity index (χ4v) is 7.10. The summed E-state index contributed by atoms with van der Waals surface area (Å²) in [6.07, 6.45) is 4.31. The molecule has 9 heteroatoms. The van der Waals surface area contributed by atoms with Gasteiger partial charge >= 0.3 is 0 Å². The highest BCUT2D eigenvalue weighted by molar-refractivity contribution is 7.92. The van der Waals surface area contributed by atoms with Crippen LogP contribution in [0.15, 0.2) is 77.7 Å². The first kappa shape index (κ1) is 32.6. The van der Waals surface area contributed by atoms with Gasteiger partial charge in [0.2, 0.25) is 11.8 Å². The Morgan fingerprint density at radius 3 is 2.16 bits per heavy atom. The highest BCUT2D eigenvalue weighted by atomic mass is 35.5. The van der Waals surface area contributed by atoms with Gasteiger partial charge in [0.25, 0.3) is 10.0 Å². The van der Waals surface area contributed by atoms with Crippen molar-refractivity contribution >= 4 is 39.1 Å². The van der Waals surface area contributed by atoms with Crippen LogP contribution in [0.25, 0.3) is 0 Å². The third-order valence-corrected chi connectivity index (χ3v) is 10.3. The Kier molecular flexibility index (Phi) is 10.9. The van der Waals surface area contributed by atoms with Crippen molar-refractivity contribution in [2.24, 2.45) is 0 Å². The SMILES string of the molecule is CCC(C(=O)NC1CCCC1)N(Cc1ccccc1Cl)C(=O)CN(c1ccc(C(C)C)cc1)S(=O)(=O)c1ccc(C)cc1. The number of nitrogens with zero attached hydrogens (tertiary/aromatic N) is 2. The third kappa shape index (κ3) is 7.98. The number of aryl methyl sites for hydroxylation is 1. The van der Waals surface area contributed by atoms with Crippen molar-refractivity contribution in [2.75, 3.05) is 10.8 Å². The smallest absolute Gasteiger partial charge is 0.264 e. The number of halogens is 1. The van der Waals surface area contributed by atoms with E-state index in [9.17, 15) is 18.0 Å². The number of hydrogen-bond acceptors (Lipinski definition) is 4. The van der Waals surface area contributed by atoms with E-state index >= 15 is 0 Å². The Labute approximate surface area is 261 Å². The maximum Gasteiger partial charge on any atom is 0.264 e. The van der Waals surface area contributed by atoms with Crippen molar-refractivity contribution in [1.82, 2.24) is 10.2 Å². The molecule has 0 heterocycles. The molecule has 1 atom stereocenters. The Bertz CT molecular complexity index is 1500. The minimum atomic E-state index is -4.13. The number of amides is 2. The molecule has 43 heavy (non-hydrogen) atoms. The molecule has 3 aromatic carbocycles. The summed E-state index contributed by atoms with van der Waals surface area (Å²) >= 11 is 6.50. The van der Waals surface area contributed by atoms with Crippen molar-refractivity contribution in [3.8, 4) is 0 Å². The van der Waals surface area contributed by atoms with Crippen LogP contribution in [0.2, 0.25) is 5.02 Å². The second-order valence-corrected chi connectivity index (χ2v) is 13.9. The molecule has 7 nitrogen and oxygen atoms in total. The maximum atomic E-state index is 14.3. The molecule has 0 saturated heterocycles. The molecule has 1 aliphatic carbocycles. The van der Waals surface area contributed by atoms with Gasteiger partial charge in [0.15, 0.2) is 0 Å². The largest absolute Gasteiger partial charge is 0.352 e. The van der Waals surface area contributed by atoms with Crippen LogP contribution in [0.3, 0.4) is 0 Å². The number of benzene rings is 3. The highest BCUT2D eigenvalue weighted by Crippen LogP contribution is 2.28. The number of anilines is 1. The predicted octanol–water partition coefficient (Wildman–Crippen LogP) is 6.83. The molecular weight excluding hydrogens is 582 g/mol. The first-order chi connectivity index (χ1) is 20.5. The molecule has 1 unspecified atom stereocenters. The summed E-state index contributed by atoms with van der Waals surface area (Å²) in [5.74, 6) is -0.464. The van der Waals surface area contributed by atoms with Gasteiger partial charge in [0.05, 0.1) is 10.6 Å². The average Bonchev–Trinajstić information content (AvgIpc) is 3.50. The van der Waals surface area contributed by atoms with Crippen molar-refractivity contribution < 1.29 is 18.0 Å². The first-order valence-electron chi connectivity index (χ1n) is 15.0. The topological polar surface area (TPSA) is 86.8 Å². The van der Waals surface area contributed by atoms with Crippen LogP contribution in [-0.2, 0) is 26.2 Å². The van der Waals surface area contributed by atoms with E-state index in [2.05, 4.69) is 19.2 Å². The van der Waals surface area contributed by atoms with E-state index in [-0.39, 0.29) is 29.3 Å². The Balaban J connectivity index is 1.73. The summed E-state index contributed by atoms with van der Waals surface area (Å²) in [6, 6.07) is 20.3. The minimum absolute atomic E-state index is 0.0693. The molecular formula is C34H42ClN3O4S. The van der Waals surface area contributed by atoms with Crippen LogP contribution in [0, 0.1) is 6.92 Å². The zero-order valence-corrected chi connectivity index (χ0v) is 27.0. The normalized spacial score (nSPS) is 14.5. The quantitative estimate of drug-likeness (QED) is 0.239. The second kappa shape index (κ2) is 14.4. The molecule has 0 aromatic heterocycles. The van der Waals surface area contributed by atoms with E-state index in [1.165, 1.54) is 4.90 Å². The summed E-state index contributed by atoms with van der Waals surface area (Å²) in [5, 5.41) is 3.60. The Morgan fingerprint density at radius 1 is 0.953 bits per heavy atom. The molecule has 1 saturated carbocycles. The molecule has 1 N–H and O–H groups in total. The van der Waals surface area contributed by atoms with Gasteiger partial charge in [-0.25, -0.2) is 8.42 Å². The molecule has 230 valence electrons. The van der Waals surface area contributed by atoms with Gasteiger partial charge < -0.3 is 10.2 Å². The fourth-order valence-electron chi connectivity index (χ4n) is 5.49. The van der Waals surface area contributed by atoms with Crippen molar-refractivity contribution in [3.63, 3.8) is 0 Å². The van der Waals surface area contributed by atoms with Crippen molar-refractivity contribution in [2.45, 2.75) is 89.2 Å². The zero-order chi connectivity index (χ0) is 31.1. The number of rotatable bonds is 12. The van der Waals surface area contributed by atoms with E-state index < -0.39 is 28.5 Å². The average molecular weight is 624 g/mol. The number of sulfonamides is 1. The lowest BCUT2D eigenvalue weighted by molar-refractivity contribution is -0.140. The van der Waals surface area contributed by atoms with E-state index in [1.54, 1.807) is 48.5 Å². The molecule has 0 spiro atoms. The van der Waals surface area contributed by atoms with Crippen LogP contribution >= 0.6 is 11.6 Å². The van der Waals surface area contributed by atoms with Gasteiger partial charge in [-0.15, -0.1) is 0 Å². The second-order valence-electron chi connectivity index (χ2n) is 11.6. The van der Waals surface area contributed by atoms with E-state index in [0.29, 0.717) is 22.7 Å². The van der Waals surface area contributed by atoms with E-state index in [1.807, 2.05) is 38.1 Å². The van der Waals surface area contributed by atoms with Crippen LogP contribution < -0.4 is 9.62 Å². The van der Waals surface area contributed by atoms with E-state index in [0.717, 1.165) is 41.1 Å². The summed E-state index contributed by atoms with van der Waals surface area (Å²) in [7, 11) is -4.13. The molecule has 1 aliphatic rings. The van der Waals surface area contributed by atoms with Crippen molar-refractivity contribution in [1.29, 1.82) is 0 Å². The number of carbonyl (C=O) groups is 2. The minimum Gasteiger partial charge on any atom is -0.352 e. The molecule has 2 amide bonds. The fraction of sp³-hybridized carbons (Fsp3) is 0.412. The number of nitrogens with one attached hydrogen (secondary N) is 1. The van der Waals surface area contributed by atoms with Gasteiger partial charge in [-0.05, 0) is 73.6 Å². The van der Waals surface area contributed by atoms with Crippen LogP contribution in [-0.4, -0.2) is 43.8 Å². The molecule has 4 rings (SSSR count). The lowest BCUT2D eigenvalue weighted by Gasteiger charge is -2.34. The molecule has 3 aromatic rings. The van der Waals surface area contributed by atoms with Gasteiger partial charge in [0, 0.05) is 17.6 Å². The highest BCUT2D eigenvalue weighted by Gasteiger charge is 2.34. The van der Waals surface area contributed by atoms with Gasteiger partial charge in [0.1, 0.15) is 12.6 Å². The maximum absolute atomic E-state index is 14.3. The first-order valence-corrected chi connectivity index (χ1v) is 16.9. The van der Waals surface area contributed by atoms with Crippen molar-refractivity contribution in [3.05, 3.63) is 94.5 Å². The monoisotopic (exact) mass is 623 g/mol. The Morgan fingerprint density at radius 2 is 1.58 bits per heavy atom. The third-order valence-electron chi connectivity index (χ3n) is 8.12. The number of hydrogen-bond donors (Lipinski definition) is 1. The predicted molar refractivity (Wildman–Crippen MR) is 173 cm³/mol. The summed E-state index contributed by atoms with van der Waals surface area (Å²) in [6.45, 7) is 7.46. The number of carbonyl (C=O) groups excluding carboxylic acids is 2. The van der Waals surface area contributed by atoms with E-state index in [4.69, 9.17) is 11.6 Å².